The van der Waals surface area contributed by atoms with Gasteiger partial charge in [0.2, 0.25) is 23.6 Å². The maximum atomic E-state index is 12.6. The summed E-state index contributed by atoms with van der Waals surface area (Å²) in [5.41, 5.74) is 6.01. The van der Waals surface area contributed by atoms with Crippen LogP contribution >= 0.6 is 0 Å². The van der Waals surface area contributed by atoms with Crippen LogP contribution in [0.25, 0.3) is 0 Å². The number of carboxylic acid groups (broad SMARTS) is 1. The van der Waals surface area contributed by atoms with Crippen molar-refractivity contribution in [2.24, 2.45) is 11.7 Å². The molecule has 164 valence electrons. The number of likely N-dealkylation sites (tertiary alicyclic amines) is 1. The lowest BCUT2D eigenvalue weighted by Gasteiger charge is -2.29. The van der Waals surface area contributed by atoms with Gasteiger partial charge in [-0.05, 0) is 25.7 Å². The van der Waals surface area contributed by atoms with Crippen molar-refractivity contribution in [3.8, 4) is 0 Å². The lowest BCUT2D eigenvalue weighted by Crippen LogP contribution is -2.55. The zero-order valence-corrected chi connectivity index (χ0v) is 17.1. The summed E-state index contributed by atoms with van der Waals surface area (Å²) in [7, 11) is 0. The van der Waals surface area contributed by atoms with Gasteiger partial charge in [-0.25, -0.2) is 0 Å². The maximum absolute atomic E-state index is 12.6. The minimum absolute atomic E-state index is 0.0104. The monoisotopic (exact) mass is 413 g/mol. The van der Waals surface area contributed by atoms with E-state index in [1.807, 2.05) is 13.8 Å². The number of amides is 4. The molecule has 29 heavy (non-hydrogen) atoms. The van der Waals surface area contributed by atoms with Crippen LogP contribution in [-0.4, -0.2) is 77.4 Å². The van der Waals surface area contributed by atoms with E-state index < -0.39 is 54.9 Å². The highest BCUT2D eigenvalue weighted by Crippen LogP contribution is 2.20. The van der Waals surface area contributed by atoms with E-state index in [2.05, 4.69) is 16.0 Å². The molecule has 4 atom stereocenters. The molecule has 0 aromatic carbocycles. The van der Waals surface area contributed by atoms with Crippen LogP contribution in [-0.2, 0) is 24.0 Å². The first-order chi connectivity index (χ1) is 13.6. The van der Waals surface area contributed by atoms with Crippen molar-refractivity contribution in [2.75, 3.05) is 19.6 Å². The number of rotatable bonds is 10. The van der Waals surface area contributed by atoms with Crippen molar-refractivity contribution in [1.29, 1.82) is 0 Å². The Balaban J connectivity index is 2.56. The second-order valence-electron chi connectivity index (χ2n) is 7.22. The van der Waals surface area contributed by atoms with Crippen LogP contribution in [0.4, 0.5) is 0 Å². The molecule has 6 N–H and O–H groups in total. The lowest BCUT2D eigenvalue weighted by molar-refractivity contribution is -0.141. The molecular weight excluding hydrogens is 382 g/mol. The third kappa shape index (κ3) is 7.33. The molecule has 0 radical (unpaired) electrons. The Morgan fingerprint density at radius 2 is 1.79 bits per heavy atom. The van der Waals surface area contributed by atoms with Gasteiger partial charge in [-0.2, -0.15) is 0 Å². The molecule has 0 aliphatic carbocycles. The molecule has 0 bridgehead atoms. The molecule has 1 rings (SSSR count). The van der Waals surface area contributed by atoms with Crippen molar-refractivity contribution >= 4 is 29.6 Å². The lowest BCUT2D eigenvalue weighted by atomic mass is 9.98. The number of aliphatic carboxylic acids is 1. The molecule has 1 heterocycles. The second kappa shape index (κ2) is 11.3. The Morgan fingerprint density at radius 1 is 1.14 bits per heavy atom. The summed E-state index contributed by atoms with van der Waals surface area (Å²) < 4.78 is 0. The molecule has 4 amide bonds. The predicted octanol–water partition coefficient (Wildman–Crippen LogP) is -1.83. The topological polar surface area (TPSA) is 171 Å². The Labute approximate surface area is 169 Å². The molecule has 0 spiro atoms. The summed E-state index contributed by atoms with van der Waals surface area (Å²) in [5.74, 6) is -3.20. The van der Waals surface area contributed by atoms with E-state index in [0.29, 0.717) is 19.4 Å². The largest absolute Gasteiger partial charge is 0.480 e. The van der Waals surface area contributed by atoms with Crippen LogP contribution in [0.1, 0.15) is 40.0 Å². The number of carbonyl (C=O) groups is 5. The summed E-state index contributed by atoms with van der Waals surface area (Å²) in [4.78, 5) is 60.6. The highest BCUT2D eigenvalue weighted by molar-refractivity contribution is 5.94. The van der Waals surface area contributed by atoms with Gasteiger partial charge in [-0.3, -0.25) is 24.0 Å². The highest BCUT2D eigenvalue weighted by Gasteiger charge is 2.37. The van der Waals surface area contributed by atoms with Gasteiger partial charge in [0.25, 0.3) is 0 Å². The van der Waals surface area contributed by atoms with E-state index in [-0.39, 0.29) is 11.8 Å². The first-order valence-corrected chi connectivity index (χ1v) is 9.71. The summed E-state index contributed by atoms with van der Waals surface area (Å²) >= 11 is 0. The number of hydrogen-bond acceptors (Lipinski definition) is 6. The standard InChI is InChI=1S/C18H31N5O6/c1-4-10(2)15(19)18(29)23-7-5-6-12(23)17(28)22-11(3)16(27)21-8-13(24)20-9-14(25)26/h10-12,15H,4-9,19H2,1-3H3,(H,20,24)(H,21,27)(H,22,28)(H,25,26)/t10-,11-,12-,15-/m0/s1. The van der Waals surface area contributed by atoms with E-state index in [1.54, 1.807) is 0 Å². The molecular formula is C18H31N5O6. The predicted molar refractivity (Wildman–Crippen MR) is 103 cm³/mol. The normalized spacial score (nSPS) is 19.0. The number of hydrogen-bond donors (Lipinski definition) is 5. The Kier molecular flexibility index (Phi) is 9.53. The Bertz CT molecular complexity index is 640. The van der Waals surface area contributed by atoms with Crippen molar-refractivity contribution in [2.45, 2.75) is 58.2 Å². The molecule has 1 saturated heterocycles. The first kappa shape index (κ1) is 24.3. The van der Waals surface area contributed by atoms with Crippen molar-refractivity contribution < 1.29 is 29.1 Å². The first-order valence-electron chi connectivity index (χ1n) is 9.71. The fraction of sp³-hybridized carbons (Fsp3) is 0.722. The van der Waals surface area contributed by atoms with Gasteiger partial charge in [0.1, 0.15) is 18.6 Å². The Hall–Kier alpha value is -2.69. The summed E-state index contributed by atoms with van der Waals surface area (Å²) in [6, 6.07) is -2.30. The zero-order chi connectivity index (χ0) is 22.1. The highest BCUT2D eigenvalue weighted by atomic mass is 16.4. The SMILES string of the molecule is CC[C@H](C)[C@H](N)C(=O)N1CCC[C@H]1C(=O)N[C@@H](C)C(=O)NCC(=O)NCC(=O)O. The third-order valence-corrected chi connectivity index (χ3v) is 4.99. The fourth-order valence-electron chi connectivity index (χ4n) is 2.92. The van der Waals surface area contributed by atoms with Gasteiger partial charge in [0.15, 0.2) is 0 Å². The van der Waals surface area contributed by atoms with E-state index >= 15 is 0 Å². The molecule has 0 aromatic rings. The number of nitrogens with zero attached hydrogens (tertiary/aromatic N) is 1. The second-order valence-corrected chi connectivity index (χ2v) is 7.22. The quantitative estimate of drug-likeness (QED) is 0.280. The maximum Gasteiger partial charge on any atom is 0.322 e. The van der Waals surface area contributed by atoms with Gasteiger partial charge in [0, 0.05) is 6.54 Å². The minimum atomic E-state index is -1.20. The molecule has 1 aliphatic heterocycles. The fourth-order valence-corrected chi connectivity index (χ4v) is 2.92. The number of carboxylic acids is 1. The summed E-state index contributed by atoms with van der Waals surface area (Å²) in [6.07, 6.45) is 1.90. The summed E-state index contributed by atoms with van der Waals surface area (Å²) in [6.45, 7) is 4.75. The van der Waals surface area contributed by atoms with Crippen molar-refractivity contribution in [1.82, 2.24) is 20.9 Å². The molecule has 0 unspecified atom stereocenters. The van der Waals surface area contributed by atoms with E-state index in [1.165, 1.54) is 11.8 Å². The van der Waals surface area contributed by atoms with Crippen LogP contribution in [0.2, 0.25) is 0 Å². The number of carbonyl (C=O) groups excluding carboxylic acids is 4. The van der Waals surface area contributed by atoms with E-state index in [4.69, 9.17) is 10.8 Å². The van der Waals surface area contributed by atoms with Gasteiger partial charge in [0.05, 0.1) is 12.6 Å². The average Bonchev–Trinajstić information content (AvgIpc) is 3.18. The van der Waals surface area contributed by atoms with Crippen LogP contribution in [0.5, 0.6) is 0 Å². The van der Waals surface area contributed by atoms with Gasteiger partial charge in [-0.1, -0.05) is 20.3 Å². The van der Waals surface area contributed by atoms with Crippen molar-refractivity contribution in [3.05, 3.63) is 0 Å². The minimum Gasteiger partial charge on any atom is -0.480 e. The molecule has 1 aliphatic rings. The third-order valence-electron chi connectivity index (χ3n) is 4.99. The molecule has 11 heteroatoms. The van der Waals surface area contributed by atoms with Crippen LogP contribution in [0, 0.1) is 5.92 Å². The van der Waals surface area contributed by atoms with Crippen LogP contribution < -0.4 is 21.7 Å². The van der Waals surface area contributed by atoms with E-state index in [9.17, 15) is 24.0 Å². The van der Waals surface area contributed by atoms with Gasteiger partial charge in [-0.15, -0.1) is 0 Å². The molecule has 11 nitrogen and oxygen atoms in total. The van der Waals surface area contributed by atoms with Crippen LogP contribution in [0.15, 0.2) is 0 Å². The molecule has 0 aromatic heterocycles. The smallest absolute Gasteiger partial charge is 0.322 e. The van der Waals surface area contributed by atoms with Gasteiger partial charge < -0.3 is 31.7 Å². The van der Waals surface area contributed by atoms with Gasteiger partial charge >= 0.3 is 5.97 Å². The van der Waals surface area contributed by atoms with E-state index in [0.717, 1.165) is 6.42 Å². The van der Waals surface area contributed by atoms with Crippen molar-refractivity contribution in [3.63, 3.8) is 0 Å². The molecule has 1 fully saturated rings. The zero-order valence-electron chi connectivity index (χ0n) is 17.1. The number of nitrogens with one attached hydrogen (secondary N) is 3. The Morgan fingerprint density at radius 3 is 2.38 bits per heavy atom. The number of nitrogens with two attached hydrogens (primary N) is 1. The van der Waals surface area contributed by atoms with Crippen LogP contribution in [0.3, 0.4) is 0 Å². The summed E-state index contributed by atoms with van der Waals surface area (Å²) in [5, 5.41) is 15.5. The molecule has 0 saturated carbocycles. The average molecular weight is 413 g/mol.